The van der Waals surface area contributed by atoms with Crippen LogP contribution in [0.4, 0.5) is 10.1 Å². The van der Waals surface area contributed by atoms with Gasteiger partial charge in [-0.25, -0.2) is 9.37 Å². The van der Waals surface area contributed by atoms with E-state index in [0.29, 0.717) is 28.7 Å². The summed E-state index contributed by atoms with van der Waals surface area (Å²) in [5, 5.41) is 23.5. The van der Waals surface area contributed by atoms with Gasteiger partial charge >= 0.3 is 0 Å². The largest absolute Gasteiger partial charge is 0.483 e. The van der Waals surface area contributed by atoms with Crippen molar-refractivity contribution >= 4 is 29.4 Å². The number of hydrogen-bond acceptors (Lipinski definition) is 8. The maximum atomic E-state index is 13.4. The van der Waals surface area contributed by atoms with E-state index in [0.717, 1.165) is 24.6 Å². The number of halogens is 1. The Balaban J connectivity index is 0.000000917. The fraction of sp³-hybridized carbons (Fsp3) is 0.273. The Morgan fingerprint density at radius 3 is 2.86 bits per heavy atom. The van der Waals surface area contributed by atoms with Gasteiger partial charge < -0.3 is 15.2 Å². The number of carbonyl (C=O) groups is 2. The lowest BCUT2D eigenvalue weighted by molar-refractivity contribution is -0.122. The van der Waals surface area contributed by atoms with Crippen LogP contribution in [0.25, 0.3) is 22.0 Å². The van der Waals surface area contributed by atoms with Crippen molar-refractivity contribution in [1.82, 2.24) is 29.9 Å². The van der Waals surface area contributed by atoms with Crippen LogP contribution in [0.3, 0.4) is 0 Å². The Morgan fingerprint density at radius 1 is 1.40 bits per heavy atom. The van der Waals surface area contributed by atoms with Gasteiger partial charge in [0.05, 0.1) is 35.9 Å². The van der Waals surface area contributed by atoms with E-state index >= 15 is 0 Å². The quantitative estimate of drug-likeness (QED) is 0.327. The predicted octanol–water partition coefficient (Wildman–Crippen LogP) is 3.62. The van der Waals surface area contributed by atoms with Crippen LogP contribution in [0, 0.1) is 5.82 Å². The van der Waals surface area contributed by atoms with Crippen LogP contribution in [-0.2, 0) is 9.53 Å². The number of pyridine rings is 1. The van der Waals surface area contributed by atoms with Gasteiger partial charge in [-0.2, -0.15) is 10.2 Å². The summed E-state index contributed by atoms with van der Waals surface area (Å²) in [7, 11) is 0. The van der Waals surface area contributed by atoms with Crippen LogP contribution in [-0.4, -0.2) is 60.1 Å². The Labute approximate surface area is 203 Å². The zero-order valence-corrected chi connectivity index (χ0v) is 19.4. The monoisotopic (exact) mass is 499 g/mol. The van der Waals surface area contributed by atoms with E-state index < -0.39 is 5.82 Å². The molecule has 4 aromatic rings. The van der Waals surface area contributed by atoms with E-state index in [-0.39, 0.29) is 30.2 Å². The summed E-state index contributed by atoms with van der Waals surface area (Å²) >= 11 is 1.36. The summed E-state index contributed by atoms with van der Waals surface area (Å²) in [5.41, 5.74) is 2.54. The Hall–Kier alpha value is -3.97. The summed E-state index contributed by atoms with van der Waals surface area (Å²) in [5.74, 6) is -0.800. The van der Waals surface area contributed by atoms with Crippen molar-refractivity contribution in [2.24, 2.45) is 0 Å². The van der Waals surface area contributed by atoms with Gasteiger partial charge in [0.2, 0.25) is 0 Å². The lowest BCUT2D eigenvalue weighted by Gasteiger charge is -2.34. The molecule has 0 aliphatic heterocycles. The number of hydrogen-bond donors (Lipinski definition) is 3. The van der Waals surface area contributed by atoms with Crippen molar-refractivity contribution in [2.45, 2.75) is 31.9 Å². The zero-order valence-electron chi connectivity index (χ0n) is 18.6. The average Bonchev–Trinajstić information content (AvgIpc) is 3.57. The Kier molecular flexibility index (Phi) is 7.57. The molecule has 0 aromatic carbocycles. The van der Waals surface area contributed by atoms with Crippen molar-refractivity contribution in [1.29, 1.82) is 0 Å². The van der Waals surface area contributed by atoms with E-state index in [9.17, 15) is 9.18 Å². The van der Waals surface area contributed by atoms with Crippen LogP contribution in [0.15, 0.2) is 42.3 Å². The van der Waals surface area contributed by atoms with Gasteiger partial charge in [0.15, 0.2) is 0 Å². The van der Waals surface area contributed by atoms with Gasteiger partial charge in [0.25, 0.3) is 12.4 Å². The second kappa shape index (κ2) is 11.0. The zero-order chi connectivity index (χ0) is 24.8. The van der Waals surface area contributed by atoms with Gasteiger partial charge in [-0.3, -0.25) is 24.4 Å². The van der Waals surface area contributed by atoms with Crippen LogP contribution < -0.4 is 5.32 Å². The lowest BCUT2D eigenvalue weighted by Crippen LogP contribution is -2.33. The van der Waals surface area contributed by atoms with Gasteiger partial charge in [-0.1, -0.05) is 0 Å². The molecule has 1 amide bonds. The summed E-state index contributed by atoms with van der Waals surface area (Å²) in [4.78, 5) is 29.8. The van der Waals surface area contributed by atoms with Crippen molar-refractivity contribution < 1.29 is 23.8 Å². The second-order valence-corrected chi connectivity index (χ2v) is 8.38. The maximum absolute atomic E-state index is 13.4. The van der Waals surface area contributed by atoms with E-state index in [1.165, 1.54) is 17.4 Å². The smallest absolute Gasteiger partial charge is 0.290 e. The molecule has 5 rings (SSSR count). The number of thiazole rings is 1. The predicted molar refractivity (Wildman–Crippen MR) is 125 cm³/mol. The number of amides is 1. The van der Waals surface area contributed by atoms with E-state index in [1.807, 2.05) is 11.6 Å². The molecule has 4 aromatic heterocycles. The first-order chi connectivity index (χ1) is 17.0. The number of aromatic nitrogens is 6. The molecule has 1 saturated carbocycles. The SMILES string of the molecule is CCOC1CC(n2cc(NC(=O)c3csc(-c4cn[nH]c4)n3)c(-c3ccc(F)cn3)n2)C1.O=CO. The highest BCUT2D eigenvalue weighted by molar-refractivity contribution is 7.13. The number of aromatic amines is 1. The molecular weight excluding hydrogens is 477 g/mol. The normalized spacial score (nSPS) is 16.6. The van der Waals surface area contributed by atoms with E-state index in [1.54, 1.807) is 30.0 Å². The molecule has 1 fully saturated rings. The highest BCUT2D eigenvalue weighted by Gasteiger charge is 2.32. The van der Waals surface area contributed by atoms with Crippen LogP contribution in [0.5, 0.6) is 0 Å². The molecule has 182 valence electrons. The third-order valence-electron chi connectivity index (χ3n) is 5.28. The van der Waals surface area contributed by atoms with Crippen molar-refractivity contribution in [2.75, 3.05) is 11.9 Å². The number of anilines is 1. The number of nitrogens with one attached hydrogen (secondary N) is 2. The third kappa shape index (κ3) is 5.58. The fourth-order valence-electron chi connectivity index (χ4n) is 3.57. The minimum atomic E-state index is -0.438. The Bertz CT molecular complexity index is 1270. The molecule has 11 nitrogen and oxygen atoms in total. The molecule has 0 bridgehead atoms. The summed E-state index contributed by atoms with van der Waals surface area (Å²) in [6.45, 7) is 2.40. The molecule has 1 aliphatic carbocycles. The van der Waals surface area contributed by atoms with E-state index in [2.05, 4.69) is 30.6 Å². The second-order valence-electron chi connectivity index (χ2n) is 7.52. The molecule has 0 saturated heterocycles. The van der Waals surface area contributed by atoms with E-state index in [4.69, 9.17) is 14.6 Å². The standard InChI is InChI=1S/C21H20FN7O2S.CH2O2/c1-2-31-15-5-14(6-15)29-10-17(19(28-29)16-4-3-13(22)9-23-16)26-20(30)18-11-32-21(27-18)12-7-24-25-8-12;2-1-3/h3-4,7-11,14-15H,2,5-6H2,1H3,(H,24,25)(H,26,30);1H,(H,2,3). The first-order valence-electron chi connectivity index (χ1n) is 10.7. The minimum Gasteiger partial charge on any atom is -0.483 e. The number of carbonyl (C=O) groups excluding carboxylic acids is 1. The topological polar surface area (TPSA) is 148 Å². The highest BCUT2D eigenvalue weighted by Crippen LogP contribution is 2.37. The van der Waals surface area contributed by atoms with Gasteiger partial charge in [0, 0.05) is 29.9 Å². The van der Waals surface area contributed by atoms with Crippen LogP contribution >= 0.6 is 11.3 Å². The molecule has 35 heavy (non-hydrogen) atoms. The lowest BCUT2D eigenvalue weighted by atomic mass is 9.89. The summed E-state index contributed by atoms with van der Waals surface area (Å²) in [6, 6.07) is 3.03. The Morgan fingerprint density at radius 2 is 2.20 bits per heavy atom. The first kappa shape index (κ1) is 24.2. The van der Waals surface area contributed by atoms with Gasteiger partial charge in [-0.05, 0) is 31.9 Å². The number of rotatable bonds is 7. The first-order valence-corrected chi connectivity index (χ1v) is 11.6. The molecule has 0 unspecified atom stereocenters. The molecule has 0 radical (unpaired) electrons. The van der Waals surface area contributed by atoms with Crippen molar-refractivity contribution in [3.05, 3.63) is 53.8 Å². The summed E-state index contributed by atoms with van der Waals surface area (Å²) in [6.07, 6.45) is 8.20. The fourth-order valence-corrected chi connectivity index (χ4v) is 4.35. The van der Waals surface area contributed by atoms with Gasteiger partial charge in [0.1, 0.15) is 22.2 Å². The third-order valence-corrected chi connectivity index (χ3v) is 6.17. The number of ether oxygens (including phenoxy) is 1. The summed E-state index contributed by atoms with van der Waals surface area (Å²) < 4.78 is 20.8. The molecular formula is C22H22FN7O4S. The molecule has 13 heteroatoms. The molecule has 1 aliphatic rings. The average molecular weight is 500 g/mol. The van der Waals surface area contributed by atoms with Crippen LogP contribution in [0.2, 0.25) is 0 Å². The molecule has 0 atom stereocenters. The van der Waals surface area contributed by atoms with Crippen molar-refractivity contribution in [3.63, 3.8) is 0 Å². The number of carboxylic acid groups (broad SMARTS) is 1. The molecule has 0 spiro atoms. The maximum Gasteiger partial charge on any atom is 0.290 e. The molecule has 4 heterocycles. The van der Waals surface area contributed by atoms with Crippen molar-refractivity contribution in [3.8, 4) is 22.0 Å². The molecule has 3 N–H and O–H groups in total. The van der Waals surface area contributed by atoms with Crippen LogP contribution in [0.1, 0.15) is 36.3 Å². The van der Waals surface area contributed by atoms with Gasteiger partial charge in [-0.15, -0.1) is 11.3 Å². The minimum absolute atomic E-state index is 0.170. The highest BCUT2D eigenvalue weighted by atomic mass is 32.1. The number of nitrogens with zero attached hydrogens (tertiary/aromatic N) is 5. The number of H-pyrrole nitrogens is 1.